The Bertz CT molecular complexity index is 591. The summed E-state index contributed by atoms with van der Waals surface area (Å²) in [5, 5.41) is 3.63. The molecule has 1 aromatic rings. The molecule has 3 rings (SSSR count). The van der Waals surface area contributed by atoms with E-state index in [0.717, 1.165) is 70.2 Å². The van der Waals surface area contributed by atoms with Crippen molar-refractivity contribution in [1.82, 2.24) is 15.1 Å². The monoisotopic (exact) mass is 374 g/mol. The zero-order valence-corrected chi connectivity index (χ0v) is 17.0. The quantitative estimate of drug-likeness (QED) is 0.633. The van der Waals surface area contributed by atoms with Crippen molar-refractivity contribution >= 4 is 5.96 Å². The van der Waals surface area contributed by atoms with Crippen LogP contribution in [0.3, 0.4) is 0 Å². The van der Waals surface area contributed by atoms with Gasteiger partial charge in [-0.05, 0) is 39.1 Å². The summed E-state index contributed by atoms with van der Waals surface area (Å²) in [6.45, 7) is 4.50. The fourth-order valence-corrected chi connectivity index (χ4v) is 3.99. The van der Waals surface area contributed by atoms with E-state index in [1.165, 1.54) is 0 Å². The van der Waals surface area contributed by atoms with E-state index in [1.54, 1.807) is 0 Å². The highest BCUT2D eigenvalue weighted by molar-refractivity contribution is 5.80. The van der Waals surface area contributed by atoms with Gasteiger partial charge in [0.2, 0.25) is 0 Å². The van der Waals surface area contributed by atoms with Crippen LogP contribution in [0.2, 0.25) is 0 Å². The Morgan fingerprint density at radius 2 is 1.89 bits per heavy atom. The molecule has 150 valence electrons. The van der Waals surface area contributed by atoms with Gasteiger partial charge in [0.15, 0.2) is 5.96 Å². The molecule has 2 aliphatic rings. The summed E-state index contributed by atoms with van der Waals surface area (Å²) in [4.78, 5) is 9.23. The largest absolute Gasteiger partial charge is 0.490 e. The molecule has 0 aliphatic carbocycles. The number of nitrogens with one attached hydrogen (secondary N) is 1. The van der Waals surface area contributed by atoms with Crippen molar-refractivity contribution in [2.75, 3.05) is 54.0 Å². The van der Waals surface area contributed by atoms with Crippen molar-refractivity contribution in [1.29, 1.82) is 0 Å². The van der Waals surface area contributed by atoms with Crippen molar-refractivity contribution in [3.05, 3.63) is 30.3 Å². The Morgan fingerprint density at radius 3 is 2.48 bits per heavy atom. The van der Waals surface area contributed by atoms with Crippen LogP contribution in [0, 0.1) is 0 Å². The third-order valence-electron chi connectivity index (χ3n) is 5.95. The summed E-state index contributed by atoms with van der Waals surface area (Å²) in [6.07, 6.45) is 4.42. The van der Waals surface area contributed by atoms with E-state index < -0.39 is 0 Å². The average Bonchev–Trinajstić information content (AvgIpc) is 2.71. The maximum Gasteiger partial charge on any atom is 0.193 e. The summed E-state index contributed by atoms with van der Waals surface area (Å²) < 4.78 is 11.7. The van der Waals surface area contributed by atoms with E-state index in [0.29, 0.717) is 0 Å². The zero-order valence-electron chi connectivity index (χ0n) is 17.0. The van der Waals surface area contributed by atoms with Crippen LogP contribution in [0.1, 0.15) is 25.7 Å². The Kier molecular flexibility index (Phi) is 6.96. The summed E-state index contributed by atoms with van der Waals surface area (Å²) >= 11 is 0. The summed E-state index contributed by atoms with van der Waals surface area (Å²) in [5.41, 5.74) is 0.142. The molecule has 2 fully saturated rings. The number of piperidine rings is 1. The fourth-order valence-electron chi connectivity index (χ4n) is 3.99. The lowest BCUT2D eigenvalue weighted by Crippen LogP contribution is -2.58. The number of likely N-dealkylation sites (N-methyl/N-ethyl adjacent to an activating group) is 1. The number of hydrogen-bond donors (Lipinski definition) is 1. The van der Waals surface area contributed by atoms with Gasteiger partial charge in [-0.2, -0.15) is 0 Å². The van der Waals surface area contributed by atoms with Gasteiger partial charge >= 0.3 is 0 Å². The third-order valence-corrected chi connectivity index (χ3v) is 5.95. The number of nitrogens with zero attached hydrogens (tertiary/aromatic N) is 3. The molecule has 0 saturated carbocycles. The molecule has 6 nitrogen and oxygen atoms in total. The minimum Gasteiger partial charge on any atom is -0.490 e. The van der Waals surface area contributed by atoms with Crippen molar-refractivity contribution in [3.8, 4) is 5.75 Å². The van der Waals surface area contributed by atoms with Gasteiger partial charge in [0.1, 0.15) is 11.9 Å². The third kappa shape index (κ3) is 5.14. The van der Waals surface area contributed by atoms with Gasteiger partial charge in [0.05, 0.1) is 0 Å². The van der Waals surface area contributed by atoms with Gasteiger partial charge in [0.25, 0.3) is 0 Å². The van der Waals surface area contributed by atoms with Crippen LogP contribution < -0.4 is 10.1 Å². The predicted molar refractivity (Wildman–Crippen MR) is 109 cm³/mol. The van der Waals surface area contributed by atoms with Crippen molar-refractivity contribution < 1.29 is 9.47 Å². The van der Waals surface area contributed by atoms with Gasteiger partial charge in [-0.25, -0.2) is 0 Å². The fraction of sp³-hybridized carbons (Fsp3) is 0.667. The van der Waals surface area contributed by atoms with Crippen LogP contribution in [-0.2, 0) is 4.74 Å². The molecule has 0 spiro atoms. The number of benzene rings is 1. The number of para-hydroxylation sites is 1. The first kappa shape index (κ1) is 20.0. The summed E-state index contributed by atoms with van der Waals surface area (Å²) in [6, 6.07) is 10.1. The second-order valence-electron chi connectivity index (χ2n) is 7.75. The minimum absolute atomic E-state index is 0.142. The van der Waals surface area contributed by atoms with Crippen molar-refractivity contribution in [3.63, 3.8) is 0 Å². The molecule has 2 heterocycles. The number of hydrogen-bond acceptors (Lipinski definition) is 4. The lowest BCUT2D eigenvalue weighted by Gasteiger charge is -2.44. The van der Waals surface area contributed by atoms with Crippen LogP contribution in [0.5, 0.6) is 5.75 Å². The first-order valence-corrected chi connectivity index (χ1v) is 10.1. The van der Waals surface area contributed by atoms with Gasteiger partial charge in [0, 0.05) is 58.3 Å². The molecule has 0 aromatic heterocycles. The molecule has 27 heavy (non-hydrogen) atoms. The second-order valence-corrected chi connectivity index (χ2v) is 7.75. The summed E-state index contributed by atoms with van der Waals surface area (Å²) in [7, 11) is 6.21. The topological polar surface area (TPSA) is 49.3 Å². The molecule has 0 amide bonds. The molecule has 2 aliphatic heterocycles. The SMILES string of the molecule is CN=C(NCC1(N(C)C)CCOCC1)N1CCC(Oc2ccccc2)CC1. The smallest absolute Gasteiger partial charge is 0.193 e. The molecular weight excluding hydrogens is 340 g/mol. The first-order valence-electron chi connectivity index (χ1n) is 10.1. The van der Waals surface area contributed by atoms with E-state index in [9.17, 15) is 0 Å². The molecule has 6 heteroatoms. The number of ether oxygens (including phenoxy) is 2. The van der Waals surface area contributed by atoms with E-state index in [1.807, 2.05) is 37.4 Å². The van der Waals surface area contributed by atoms with Crippen molar-refractivity contribution in [2.45, 2.75) is 37.3 Å². The van der Waals surface area contributed by atoms with E-state index in [-0.39, 0.29) is 11.6 Å². The molecule has 1 N–H and O–H groups in total. The molecule has 2 saturated heterocycles. The Hall–Kier alpha value is -1.79. The molecule has 0 atom stereocenters. The predicted octanol–water partition coefficient (Wildman–Crippen LogP) is 2.22. The number of aliphatic imine (C=N–C) groups is 1. The maximum atomic E-state index is 6.11. The van der Waals surface area contributed by atoms with Crippen molar-refractivity contribution in [2.24, 2.45) is 4.99 Å². The highest BCUT2D eigenvalue weighted by Crippen LogP contribution is 2.25. The number of guanidine groups is 1. The number of likely N-dealkylation sites (tertiary alicyclic amines) is 1. The lowest BCUT2D eigenvalue weighted by atomic mass is 9.88. The average molecular weight is 375 g/mol. The van der Waals surface area contributed by atoms with Gasteiger partial charge < -0.3 is 24.6 Å². The van der Waals surface area contributed by atoms with Gasteiger partial charge in [-0.1, -0.05) is 18.2 Å². The molecule has 0 unspecified atom stereocenters. The zero-order chi connectivity index (χ0) is 19.1. The highest BCUT2D eigenvalue weighted by Gasteiger charge is 2.35. The van der Waals surface area contributed by atoms with E-state index in [4.69, 9.17) is 9.47 Å². The normalized spacial score (nSPS) is 21.3. The Morgan fingerprint density at radius 1 is 1.22 bits per heavy atom. The van der Waals surface area contributed by atoms with Gasteiger partial charge in [-0.3, -0.25) is 4.99 Å². The Balaban J connectivity index is 1.50. The Labute approximate surface area is 163 Å². The minimum atomic E-state index is 0.142. The van der Waals surface area contributed by atoms with E-state index >= 15 is 0 Å². The first-order chi connectivity index (χ1) is 13.1. The molecule has 0 radical (unpaired) electrons. The van der Waals surface area contributed by atoms with Crippen LogP contribution >= 0.6 is 0 Å². The molecule has 0 bridgehead atoms. The lowest BCUT2D eigenvalue weighted by molar-refractivity contribution is -0.00537. The van der Waals surface area contributed by atoms with Crippen LogP contribution in [-0.4, -0.2) is 81.4 Å². The number of rotatable bonds is 5. The maximum absolute atomic E-state index is 6.11. The van der Waals surface area contributed by atoms with Gasteiger partial charge in [-0.15, -0.1) is 0 Å². The second kappa shape index (κ2) is 9.42. The van der Waals surface area contributed by atoms with Crippen LogP contribution in [0.15, 0.2) is 35.3 Å². The van der Waals surface area contributed by atoms with Crippen LogP contribution in [0.4, 0.5) is 0 Å². The molecule has 1 aromatic carbocycles. The standard InChI is InChI=1S/C21H34N4O2/c1-22-20(23-17-21(24(2)3)11-15-26-16-12-21)25-13-9-19(10-14-25)27-18-7-5-4-6-8-18/h4-8,19H,9-17H2,1-3H3,(H,22,23). The summed E-state index contributed by atoms with van der Waals surface area (Å²) in [5.74, 6) is 1.96. The highest BCUT2D eigenvalue weighted by atomic mass is 16.5. The van der Waals surface area contributed by atoms with Crippen LogP contribution in [0.25, 0.3) is 0 Å². The molecular formula is C21H34N4O2. The van der Waals surface area contributed by atoms with E-state index in [2.05, 4.69) is 34.2 Å².